The first-order chi connectivity index (χ1) is 11.8. The number of esters is 1. The minimum absolute atomic E-state index is 0.0407. The molecule has 1 unspecified atom stereocenters. The number of nitrogens with zero attached hydrogens (tertiary/aromatic N) is 2. The van der Waals surface area contributed by atoms with Crippen molar-refractivity contribution < 1.29 is 19.2 Å². The zero-order chi connectivity index (χ0) is 18.7. The molecule has 25 heavy (non-hydrogen) atoms. The molecule has 0 radical (unpaired) electrons. The highest BCUT2D eigenvalue weighted by atomic mass is 16.6. The molecule has 1 aromatic carbocycles. The van der Waals surface area contributed by atoms with Crippen LogP contribution in [0.25, 0.3) is 6.08 Å². The maximum Gasteiger partial charge on any atom is 0.340 e. The molecule has 1 amide bonds. The van der Waals surface area contributed by atoms with Gasteiger partial charge >= 0.3 is 5.97 Å². The van der Waals surface area contributed by atoms with Gasteiger partial charge in [0.1, 0.15) is 0 Å². The number of ether oxygens (including phenoxy) is 1. The molecule has 1 aromatic rings. The molecule has 0 saturated carbocycles. The van der Waals surface area contributed by atoms with Crippen LogP contribution in [-0.2, 0) is 14.3 Å². The zero-order valence-corrected chi connectivity index (χ0v) is 14.6. The Hall–Kier alpha value is -2.96. The van der Waals surface area contributed by atoms with E-state index in [1.165, 1.54) is 31.4 Å². The average molecular weight is 344 g/mol. The topological polar surface area (TPSA) is 89.8 Å². The van der Waals surface area contributed by atoms with Crippen LogP contribution < -0.4 is 0 Å². The van der Waals surface area contributed by atoms with Crippen molar-refractivity contribution >= 4 is 23.6 Å². The van der Waals surface area contributed by atoms with E-state index < -0.39 is 10.9 Å². The number of non-ortho nitro benzene ring substituents is 1. The predicted molar refractivity (Wildman–Crippen MR) is 92.4 cm³/mol. The Balaban J connectivity index is 2.51. The van der Waals surface area contributed by atoms with E-state index in [1.54, 1.807) is 17.9 Å². The van der Waals surface area contributed by atoms with E-state index in [0.29, 0.717) is 11.3 Å². The van der Waals surface area contributed by atoms with Crippen LogP contribution in [0.1, 0.15) is 32.8 Å². The Bertz CT molecular complexity index is 777. The molecule has 0 bridgehead atoms. The minimum atomic E-state index is -0.579. The van der Waals surface area contributed by atoms with Gasteiger partial charge in [-0.25, -0.2) is 4.79 Å². The van der Waals surface area contributed by atoms with Crippen molar-refractivity contribution in [3.05, 3.63) is 56.8 Å². The first kappa shape index (κ1) is 18.4. The second kappa shape index (κ2) is 7.29. The second-order valence-electron chi connectivity index (χ2n) is 5.79. The molecule has 0 fully saturated rings. The summed E-state index contributed by atoms with van der Waals surface area (Å²) in [4.78, 5) is 36.8. The average Bonchev–Trinajstić information content (AvgIpc) is 2.84. The van der Waals surface area contributed by atoms with Crippen molar-refractivity contribution in [1.82, 2.24) is 4.90 Å². The highest BCUT2D eigenvalue weighted by Crippen LogP contribution is 2.33. The zero-order valence-electron chi connectivity index (χ0n) is 14.6. The van der Waals surface area contributed by atoms with Gasteiger partial charge < -0.3 is 9.64 Å². The van der Waals surface area contributed by atoms with Crippen LogP contribution in [0.15, 0.2) is 41.1 Å². The summed E-state index contributed by atoms with van der Waals surface area (Å²) in [6.07, 6.45) is 2.30. The summed E-state index contributed by atoms with van der Waals surface area (Å²) in [5.41, 5.74) is 1.57. The lowest BCUT2D eigenvalue weighted by Gasteiger charge is -2.24. The monoisotopic (exact) mass is 344 g/mol. The van der Waals surface area contributed by atoms with Crippen molar-refractivity contribution in [3.63, 3.8) is 0 Å². The fourth-order valence-electron chi connectivity index (χ4n) is 2.77. The molecular weight excluding hydrogens is 324 g/mol. The molecule has 1 atom stereocenters. The summed E-state index contributed by atoms with van der Waals surface area (Å²) in [5.74, 6) is -0.851. The van der Waals surface area contributed by atoms with Gasteiger partial charge in [0.05, 0.1) is 23.2 Å². The highest BCUT2D eigenvalue weighted by Gasteiger charge is 2.38. The first-order valence-corrected chi connectivity index (χ1v) is 7.91. The fraction of sp³-hybridized carbons (Fsp3) is 0.333. The molecule has 0 aromatic heterocycles. The molecule has 0 aliphatic carbocycles. The van der Waals surface area contributed by atoms with Gasteiger partial charge in [-0.2, -0.15) is 0 Å². The van der Waals surface area contributed by atoms with Crippen LogP contribution in [0, 0.1) is 10.1 Å². The number of amides is 1. The summed E-state index contributed by atoms with van der Waals surface area (Å²) in [7, 11) is 1.27. The van der Waals surface area contributed by atoms with Gasteiger partial charge in [0.25, 0.3) is 11.6 Å². The number of carbonyl (C=O) groups is 2. The smallest absolute Gasteiger partial charge is 0.340 e. The van der Waals surface area contributed by atoms with Gasteiger partial charge in [-0.05, 0) is 44.0 Å². The number of carbonyl (C=O) groups excluding carboxylic acids is 2. The maximum atomic E-state index is 12.8. The van der Waals surface area contributed by atoms with Crippen molar-refractivity contribution in [2.24, 2.45) is 0 Å². The maximum absolute atomic E-state index is 12.8. The van der Waals surface area contributed by atoms with E-state index in [0.717, 1.165) is 6.42 Å². The largest absolute Gasteiger partial charge is 0.465 e. The van der Waals surface area contributed by atoms with Gasteiger partial charge in [-0.3, -0.25) is 14.9 Å². The van der Waals surface area contributed by atoms with Crippen molar-refractivity contribution in [2.75, 3.05) is 7.11 Å². The van der Waals surface area contributed by atoms with Crippen LogP contribution in [0.3, 0.4) is 0 Å². The van der Waals surface area contributed by atoms with Crippen LogP contribution in [0.4, 0.5) is 5.69 Å². The lowest BCUT2D eigenvalue weighted by Crippen LogP contribution is -2.33. The Morgan fingerprint density at radius 2 is 1.96 bits per heavy atom. The van der Waals surface area contributed by atoms with E-state index in [4.69, 9.17) is 4.74 Å². The number of rotatable bonds is 5. The minimum Gasteiger partial charge on any atom is -0.465 e. The Labute approximate surface area is 145 Å². The quantitative estimate of drug-likeness (QED) is 0.354. The third kappa shape index (κ3) is 3.45. The van der Waals surface area contributed by atoms with Crippen LogP contribution in [0.2, 0.25) is 0 Å². The first-order valence-electron chi connectivity index (χ1n) is 7.91. The number of nitro groups is 1. The van der Waals surface area contributed by atoms with Crippen molar-refractivity contribution in [3.8, 4) is 0 Å². The number of hydrogen-bond donors (Lipinski definition) is 0. The molecule has 132 valence electrons. The number of nitro benzene ring substituents is 1. The van der Waals surface area contributed by atoms with Crippen LogP contribution >= 0.6 is 0 Å². The van der Waals surface area contributed by atoms with Crippen molar-refractivity contribution in [2.45, 2.75) is 33.2 Å². The van der Waals surface area contributed by atoms with Gasteiger partial charge in [0, 0.05) is 23.9 Å². The van der Waals surface area contributed by atoms with Crippen molar-refractivity contribution in [1.29, 1.82) is 0 Å². The predicted octanol–water partition coefficient (Wildman–Crippen LogP) is 3.07. The third-order valence-corrected chi connectivity index (χ3v) is 4.28. The standard InChI is InChI=1S/C18H20N2O5/c1-5-11(2)19-12(3)16(18(22)25-4)15(17(19)21)10-13-6-8-14(9-7-13)20(23)24/h6-11H,5H2,1-4H3. The molecule has 1 heterocycles. The third-order valence-electron chi connectivity index (χ3n) is 4.28. The van der Waals surface area contributed by atoms with Crippen LogP contribution in [0.5, 0.6) is 0 Å². The van der Waals surface area contributed by atoms with Gasteiger partial charge in [-0.15, -0.1) is 0 Å². The molecule has 2 rings (SSSR count). The highest BCUT2D eigenvalue weighted by molar-refractivity contribution is 6.16. The SMILES string of the molecule is CCC(C)N1C(=O)C(=Cc2ccc([N+](=O)[O-])cc2)C(C(=O)OC)=C1C. The summed E-state index contributed by atoms with van der Waals surface area (Å²) >= 11 is 0. The lowest BCUT2D eigenvalue weighted by molar-refractivity contribution is -0.384. The van der Waals surface area contributed by atoms with E-state index in [1.807, 2.05) is 13.8 Å². The molecule has 0 N–H and O–H groups in total. The van der Waals surface area contributed by atoms with Crippen LogP contribution in [-0.4, -0.2) is 34.9 Å². The molecule has 0 saturated heterocycles. The number of hydrogen-bond acceptors (Lipinski definition) is 5. The Morgan fingerprint density at radius 3 is 2.44 bits per heavy atom. The Morgan fingerprint density at radius 1 is 1.36 bits per heavy atom. The van der Waals surface area contributed by atoms with E-state index in [2.05, 4.69) is 0 Å². The molecule has 1 aliphatic rings. The molecule has 7 heteroatoms. The fourth-order valence-corrected chi connectivity index (χ4v) is 2.77. The van der Waals surface area contributed by atoms with Gasteiger partial charge in [0.15, 0.2) is 0 Å². The molecular formula is C18H20N2O5. The summed E-state index contributed by atoms with van der Waals surface area (Å²) in [6, 6.07) is 5.72. The number of methoxy groups -OCH3 is 1. The van der Waals surface area contributed by atoms with E-state index in [9.17, 15) is 19.7 Å². The van der Waals surface area contributed by atoms with Gasteiger partial charge in [-0.1, -0.05) is 6.92 Å². The molecule has 0 spiro atoms. The number of allylic oxidation sites excluding steroid dienone is 1. The summed E-state index contributed by atoms with van der Waals surface area (Å²) in [5, 5.41) is 10.7. The van der Waals surface area contributed by atoms with E-state index in [-0.39, 0.29) is 28.8 Å². The second-order valence-corrected chi connectivity index (χ2v) is 5.79. The lowest BCUT2D eigenvalue weighted by atomic mass is 10.0. The molecule has 1 aliphatic heterocycles. The van der Waals surface area contributed by atoms with Gasteiger partial charge in [0.2, 0.25) is 0 Å². The summed E-state index contributed by atoms with van der Waals surface area (Å²) in [6.45, 7) is 5.58. The van der Waals surface area contributed by atoms with E-state index >= 15 is 0 Å². The molecule has 7 nitrogen and oxygen atoms in total. The summed E-state index contributed by atoms with van der Waals surface area (Å²) < 4.78 is 4.83. The number of benzene rings is 1. The normalized spacial score (nSPS) is 17.2. The Kier molecular flexibility index (Phi) is 5.36.